The second-order valence-corrected chi connectivity index (χ2v) is 7.36. The molecule has 0 radical (unpaired) electrons. The molecule has 1 amide bonds. The molecule has 184 valence electrons. The van der Waals surface area contributed by atoms with E-state index in [9.17, 15) is 18.4 Å². The maximum atomic E-state index is 12.5. The van der Waals surface area contributed by atoms with Gasteiger partial charge in [0.25, 0.3) is 5.91 Å². The van der Waals surface area contributed by atoms with Crippen molar-refractivity contribution >= 4 is 34.8 Å². The number of carbonyl (C=O) groups is 2. The van der Waals surface area contributed by atoms with Crippen molar-refractivity contribution in [3.63, 3.8) is 0 Å². The molecule has 3 N–H and O–H groups in total. The van der Waals surface area contributed by atoms with Gasteiger partial charge in [0.2, 0.25) is 0 Å². The number of hydrogen-bond acceptors (Lipinski definition) is 6. The lowest BCUT2D eigenvalue weighted by molar-refractivity contribution is 0.0593. The van der Waals surface area contributed by atoms with E-state index in [0.29, 0.717) is 22.0 Å². The van der Waals surface area contributed by atoms with Crippen LogP contribution in [0.2, 0.25) is 5.02 Å². The second kappa shape index (κ2) is 12.0. The zero-order valence-corrected chi connectivity index (χ0v) is 18.9. The predicted octanol–water partition coefficient (Wildman–Crippen LogP) is 4.79. The van der Waals surface area contributed by atoms with Crippen molar-refractivity contribution in [1.82, 2.24) is 14.6 Å². The van der Waals surface area contributed by atoms with Crippen molar-refractivity contribution in [2.24, 2.45) is 5.73 Å². The number of rotatable bonds is 4. The number of benzene rings is 2. The first-order valence-electron chi connectivity index (χ1n) is 9.88. The molecule has 0 aliphatic heterocycles. The number of aromatic nitrogens is 3. The highest BCUT2D eigenvalue weighted by Crippen LogP contribution is 2.22. The van der Waals surface area contributed by atoms with Crippen molar-refractivity contribution in [3.05, 3.63) is 93.9 Å². The highest BCUT2D eigenvalue weighted by molar-refractivity contribution is 6.34. The molecule has 8 nitrogen and oxygen atoms in total. The predicted molar refractivity (Wildman–Crippen MR) is 129 cm³/mol. The Kier molecular flexibility index (Phi) is 9.38. The Morgan fingerprint density at radius 3 is 2.49 bits per heavy atom. The van der Waals surface area contributed by atoms with Gasteiger partial charge >= 0.3 is 5.97 Å². The molecule has 2 aromatic carbocycles. The Labute approximate surface area is 205 Å². The van der Waals surface area contributed by atoms with Gasteiger partial charge in [-0.2, -0.15) is 5.10 Å². The lowest BCUT2D eigenvalue weighted by Gasteiger charge is -2.07. The fraction of sp³-hybridized carbons (Fsp3) is 0.167. The van der Waals surface area contributed by atoms with E-state index in [1.807, 2.05) is 0 Å². The number of hydrogen-bond donors (Lipinski definition) is 2. The Balaban J connectivity index is 0.000000332. The van der Waals surface area contributed by atoms with E-state index < -0.39 is 23.5 Å². The van der Waals surface area contributed by atoms with Gasteiger partial charge in [0.05, 0.1) is 24.0 Å². The summed E-state index contributed by atoms with van der Waals surface area (Å²) in [5, 5.41) is 7.26. The highest BCUT2D eigenvalue weighted by Gasteiger charge is 2.19. The number of aryl methyl sites for hydroxylation is 1. The van der Waals surface area contributed by atoms with Crippen LogP contribution < -0.4 is 11.1 Å². The summed E-state index contributed by atoms with van der Waals surface area (Å²) in [4.78, 5) is 28.4. The van der Waals surface area contributed by atoms with Crippen LogP contribution >= 0.6 is 11.6 Å². The minimum Gasteiger partial charge on any atom is -0.464 e. The van der Waals surface area contributed by atoms with Crippen LogP contribution in [0, 0.1) is 18.6 Å². The lowest BCUT2D eigenvalue weighted by Crippen LogP contribution is -2.14. The van der Waals surface area contributed by atoms with Crippen LogP contribution in [0.4, 0.5) is 14.5 Å². The second-order valence-electron chi connectivity index (χ2n) is 6.95. The number of carbonyl (C=O) groups excluding carboxylic acids is 2. The fourth-order valence-corrected chi connectivity index (χ4v) is 3.08. The number of amides is 1. The molecule has 0 aliphatic rings. The fourth-order valence-electron chi connectivity index (χ4n) is 2.90. The monoisotopic (exact) mass is 503 g/mol. The Hall–Kier alpha value is -3.89. The van der Waals surface area contributed by atoms with Gasteiger partial charge in [0.15, 0.2) is 23.0 Å². The number of nitrogens with two attached hydrogens (primary N) is 1. The third-order valence-electron chi connectivity index (χ3n) is 4.63. The Bertz CT molecular complexity index is 1360. The molecule has 4 rings (SSSR count). The van der Waals surface area contributed by atoms with Crippen molar-refractivity contribution in [2.75, 3.05) is 12.4 Å². The molecule has 0 spiro atoms. The number of ether oxygens (including phenoxy) is 1. The van der Waals surface area contributed by atoms with Gasteiger partial charge in [-0.05, 0) is 42.8 Å². The number of halogens is 3. The normalized spacial score (nSPS) is 10.1. The minimum atomic E-state index is -0.844. The zero-order valence-electron chi connectivity index (χ0n) is 18.2. The molecule has 2 heterocycles. The average Bonchev–Trinajstić information content (AvgIpc) is 3.27. The summed E-state index contributed by atoms with van der Waals surface area (Å²) in [5.74, 6) is -2.69. The number of fused-ring (bicyclic) bond motifs is 1. The summed E-state index contributed by atoms with van der Waals surface area (Å²) in [6, 6.07) is 12.0. The molecule has 0 atom stereocenters. The molecule has 2 aromatic heterocycles. The summed E-state index contributed by atoms with van der Waals surface area (Å²) in [6.45, 7) is 1.99. The molecule has 0 bridgehead atoms. The van der Waals surface area contributed by atoms with Gasteiger partial charge in [-0.3, -0.25) is 4.79 Å². The van der Waals surface area contributed by atoms with E-state index in [4.69, 9.17) is 17.3 Å². The van der Waals surface area contributed by atoms with Crippen molar-refractivity contribution in [1.29, 1.82) is 0 Å². The van der Waals surface area contributed by atoms with E-state index in [-0.39, 0.29) is 30.9 Å². The van der Waals surface area contributed by atoms with Gasteiger partial charge in [0, 0.05) is 12.2 Å². The van der Waals surface area contributed by atoms with E-state index in [0.717, 1.165) is 12.1 Å². The molecular formula is C24H24ClF2N5O3. The van der Waals surface area contributed by atoms with E-state index in [2.05, 4.69) is 20.1 Å². The zero-order chi connectivity index (χ0) is 24.8. The smallest absolute Gasteiger partial charge is 0.356 e. The van der Waals surface area contributed by atoms with Crippen LogP contribution in [0.3, 0.4) is 0 Å². The summed E-state index contributed by atoms with van der Waals surface area (Å²) in [5.41, 5.74) is 7.50. The molecule has 4 aromatic rings. The molecule has 11 heteroatoms. The van der Waals surface area contributed by atoms with Crippen molar-refractivity contribution in [2.45, 2.75) is 20.9 Å². The lowest BCUT2D eigenvalue weighted by atomic mass is 10.2. The maximum Gasteiger partial charge on any atom is 0.356 e. The Morgan fingerprint density at radius 1 is 1.14 bits per heavy atom. The molecule has 0 fully saturated rings. The number of anilines is 1. The highest BCUT2D eigenvalue weighted by atomic mass is 35.5. The van der Waals surface area contributed by atoms with Crippen LogP contribution in [0.15, 0.2) is 54.7 Å². The maximum absolute atomic E-state index is 12.5. The first kappa shape index (κ1) is 27.4. The molecule has 0 saturated heterocycles. The van der Waals surface area contributed by atoms with E-state index in [1.165, 1.54) is 23.9 Å². The quantitative estimate of drug-likeness (QED) is 0.387. The first-order chi connectivity index (χ1) is 16.2. The van der Waals surface area contributed by atoms with E-state index in [1.54, 1.807) is 37.3 Å². The molecule has 0 aliphatic carbocycles. The summed E-state index contributed by atoms with van der Waals surface area (Å²) < 4.78 is 30.7. The molecule has 0 saturated carbocycles. The molecular weight excluding hydrogens is 480 g/mol. The number of methoxy groups -OCH3 is 1. The van der Waals surface area contributed by atoms with Crippen LogP contribution in [0.25, 0.3) is 5.65 Å². The van der Waals surface area contributed by atoms with Gasteiger partial charge in [-0.1, -0.05) is 37.2 Å². The number of nitrogens with zero attached hydrogens (tertiary/aromatic N) is 3. The SMILES string of the molecule is C.COC(=O)c1cc(C)n2ncc(C(=O)Nc3ccccc3Cl)c2n1.NCc1ccc(F)c(F)c1. The van der Waals surface area contributed by atoms with Crippen LogP contribution in [-0.4, -0.2) is 33.6 Å². The standard InChI is InChI=1S/C16H13ClN4O3.C7H7F2N.CH4/c1-9-7-13(16(23)24-2)19-14-10(8-18-21(9)14)15(22)20-12-6-4-3-5-11(12)17;8-6-2-1-5(4-10)3-7(6)9;/h3-8H,1-2H3,(H,20,22);1-3H,4,10H2;1H4. The van der Waals surface area contributed by atoms with Gasteiger partial charge in [0.1, 0.15) is 5.56 Å². The van der Waals surface area contributed by atoms with Crippen molar-refractivity contribution in [3.8, 4) is 0 Å². The third kappa shape index (κ3) is 6.37. The number of nitrogens with one attached hydrogen (secondary N) is 1. The van der Waals surface area contributed by atoms with Gasteiger partial charge in [-0.25, -0.2) is 23.1 Å². The van der Waals surface area contributed by atoms with Gasteiger partial charge < -0.3 is 15.8 Å². The summed E-state index contributed by atoms with van der Waals surface area (Å²) in [6.07, 6.45) is 1.39. The molecule has 35 heavy (non-hydrogen) atoms. The van der Waals surface area contributed by atoms with Crippen molar-refractivity contribution < 1.29 is 23.1 Å². The van der Waals surface area contributed by atoms with Gasteiger partial charge in [-0.15, -0.1) is 0 Å². The number of para-hydroxylation sites is 1. The van der Waals surface area contributed by atoms with Crippen LogP contribution in [0.5, 0.6) is 0 Å². The number of esters is 1. The van der Waals surface area contributed by atoms with Crippen LogP contribution in [-0.2, 0) is 11.3 Å². The largest absolute Gasteiger partial charge is 0.464 e. The molecule has 0 unspecified atom stereocenters. The first-order valence-corrected chi connectivity index (χ1v) is 10.3. The summed E-state index contributed by atoms with van der Waals surface area (Å²) in [7, 11) is 1.27. The van der Waals surface area contributed by atoms with Crippen LogP contribution in [0.1, 0.15) is 39.5 Å². The summed E-state index contributed by atoms with van der Waals surface area (Å²) >= 11 is 6.05. The topological polar surface area (TPSA) is 112 Å². The van der Waals surface area contributed by atoms with E-state index >= 15 is 0 Å². The minimum absolute atomic E-state index is 0. The third-order valence-corrected chi connectivity index (χ3v) is 4.96. The average molecular weight is 504 g/mol. The Morgan fingerprint density at radius 2 is 1.86 bits per heavy atom.